The maximum absolute atomic E-state index is 5.77. The van der Waals surface area contributed by atoms with Gasteiger partial charge in [0.25, 0.3) is 0 Å². The first-order chi connectivity index (χ1) is 8.13. The van der Waals surface area contributed by atoms with Gasteiger partial charge in [0.15, 0.2) is 0 Å². The zero-order valence-electron chi connectivity index (χ0n) is 10.6. The van der Waals surface area contributed by atoms with E-state index in [0.29, 0.717) is 13.2 Å². The van der Waals surface area contributed by atoms with Gasteiger partial charge in [0.05, 0.1) is 12.6 Å². The second-order valence-electron chi connectivity index (χ2n) is 3.93. The van der Waals surface area contributed by atoms with Crippen molar-refractivity contribution in [2.45, 2.75) is 26.4 Å². The van der Waals surface area contributed by atoms with Gasteiger partial charge in [-0.3, -0.25) is 0 Å². The summed E-state index contributed by atoms with van der Waals surface area (Å²) < 4.78 is 6.15. The van der Waals surface area contributed by atoms with E-state index in [0.717, 1.165) is 22.4 Å². The summed E-state index contributed by atoms with van der Waals surface area (Å²) in [6.45, 7) is 6.27. The highest BCUT2D eigenvalue weighted by Gasteiger charge is 2.17. The predicted molar refractivity (Wildman–Crippen MR) is 74.2 cm³/mol. The largest absolute Gasteiger partial charge is 0.383 e. The summed E-state index contributed by atoms with van der Waals surface area (Å²) in [5, 5.41) is 0. The minimum Gasteiger partial charge on any atom is -0.383 e. The molecule has 0 saturated heterocycles. The van der Waals surface area contributed by atoms with Crippen LogP contribution in [0.5, 0.6) is 0 Å². The quantitative estimate of drug-likeness (QED) is 0.875. The fraction of sp³-hybridized carbons (Fsp3) is 0.583. The molecule has 4 nitrogen and oxygen atoms in total. The second-order valence-corrected chi connectivity index (χ2v) is 4.85. The van der Waals surface area contributed by atoms with Crippen LogP contribution in [-0.4, -0.2) is 31.3 Å². The smallest absolute Gasteiger partial charge is 0.133 e. The number of aromatic nitrogens is 1. The first-order valence-electron chi connectivity index (χ1n) is 5.74. The van der Waals surface area contributed by atoms with Crippen LogP contribution in [0.2, 0.25) is 0 Å². The van der Waals surface area contributed by atoms with E-state index in [1.54, 1.807) is 13.3 Å². The molecule has 1 aromatic rings. The Kier molecular flexibility index (Phi) is 5.88. The molecule has 1 unspecified atom stereocenters. The van der Waals surface area contributed by atoms with Gasteiger partial charge in [-0.15, -0.1) is 0 Å². The topological polar surface area (TPSA) is 51.4 Å². The second kappa shape index (κ2) is 6.93. The Morgan fingerprint density at radius 3 is 2.82 bits per heavy atom. The molecule has 1 heterocycles. The van der Waals surface area contributed by atoms with Gasteiger partial charge in [0.1, 0.15) is 5.82 Å². The molecule has 0 amide bonds. The van der Waals surface area contributed by atoms with Gasteiger partial charge in [-0.1, -0.05) is 0 Å². The number of nitrogens with zero attached hydrogens (tertiary/aromatic N) is 2. The number of ether oxygens (including phenoxy) is 1. The van der Waals surface area contributed by atoms with Gasteiger partial charge < -0.3 is 15.4 Å². The summed E-state index contributed by atoms with van der Waals surface area (Å²) in [6.07, 6.45) is 1.80. The van der Waals surface area contributed by atoms with Crippen molar-refractivity contribution < 1.29 is 4.74 Å². The molecule has 0 aliphatic heterocycles. The zero-order chi connectivity index (χ0) is 12.8. The highest BCUT2D eigenvalue weighted by molar-refractivity contribution is 9.10. The molecule has 96 valence electrons. The van der Waals surface area contributed by atoms with Crippen LogP contribution in [0.15, 0.2) is 16.7 Å². The standard InChI is InChI=1S/C12H20BrN3O/c1-4-16(9(2)8-17-3)12-10(6-14)5-11(13)7-15-12/h5,7,9H,4,6,8,14H2,1-3H3. The normalized spacial score (nSPS) is 12.5. The van der Waals surface area contributed by atoms with Gasteiger partial charge in [0.2, 0.25) is 0 Å². The molecule has 1 atom stereocenters. The average molecular weight is 302 g/mol. The number of nitrogens with two attached hydrogens (primary N) is 1. The number of halogens is 1. The Hall–Kier alpha value is -0.650. The van der Waals surface area contributed by atoms with Gasteiger partial charge in [0, 0.05) is 36.4 Å². The first kappa shape index (κ1) is 14.4. The molecule has 0 aliphatic carbocycles. The molecule has 2 N–H and O–H groups in total. The molecular formula is C12H20BrN3O. The number of pyridine rings is 1. The number of hydrogen-bond donors (Lipinski definition) is 1. The summed E-state index contributed by atoms with van der Waals surface area (Å²) in [4.78, 5) is 6.67. The number of methoxy groups -OCH3 is 1. The van der Waals surface area contributed by atoms with E-state index >= 15 is 0 Å². The van der Waals surface area contributed by atoms with Gasteiger partial charge in [-0.25, -0.2) is 4.98 Å². The van der Waals surface area contributed by atoms with Crippen LogP contribution in [0.3, 0.4) is 0 Å². The monoisotopic (exact) mass is 301 g/mol. The van der Waals surface area contributed by atoms with E-state index < -0.39 is 0 Å². The van der Waals surface area contributed by atoms with Gasteiger partial charge in [-0.2, -0.15) is 0 Å². The summed E-state index contributed by atoms with van der Waals surface area (Å²) in [7, 11) is 1.71. The Bertz CT molecular complexity index is 360. The summed E-state index contributed by atoms with van der Waals surface area (Å²) in [5.74, 6) is 0.947. The number of likely N-dealkylation sites (N-methyl/N-ethyl adjacent to an activating group) is 1. The van der Waals surface area contributed by atoms with E-state index in [-0.39, 0.29) is 6.04 Å². The maximum Gasteiger partial charge on any atom is 0.133 e. The summed E-state index contributed by atoms with van der Waals surface area (Å²) in [6, 6.07) is 2.30. The molecule has 0 bridgehead atoms. The lowest BCUT2D eigenvalue weighted by atomic mass is 10.2. The Morgan fingerprint density at radius 2 is 2.29 bits per heavy atom. The predicted octanol–water partition coefficient (Wildman–Crippen LogP) is 2.16. The van der Waals surface area contributed by atoms with Crippen molar-refractivity contribution in [3.63, 3.8) is 0 Å². The molecule has 1 rings (SSSR count). The molecule has 0 saturated carbocycles. The molecular weight excluding hydrogens is 282 g/mol. The third-order valence-corrected chi connectivity index (χ3v) is 3.12. The number of rotatable bonds is 6. The average Bonchev–Trinajstić information content (AvgIpc) is 2.32. The van der Waals surface area contributed by atoms with Crippen molar-refractivity contribution in [2.24, 2.45) is 5.73 Å². The van der Waals surface area contributed by atoms with Gasteiger partial charge >= 0.3 is 0 Å². The van der Waals surface area contributed by atoms with Crippen molar-refractivity contribution in [3.05, 3.63) is 22.3 Å². The lowest BCUT2D eigenvalue weighted by molar-refractivity contribution is 0.181. The van der Waals surface area contributed by atoms with Crippen LogP contribution in [0.25, 0.3) is 0 Å². The number of anilines is 1. The summed E-state index contributed by atoms with van der Waals surface area (Å²) in [5.41, 5.74) is 6.81. The van der Waals surface area contributed by atoms with Crippen molar-refractivity contribution in [1.82, 2.24) is 4.98 Å². The van der Waals surface area contributed by atoms with E-state index in [2.05, 4.69) is 39.7 Å². The molecule has 0 fully saturated rings. The zero-order valence-corrected chi connectivity index (χ0v) is 12.2. The first-order valence-corrected chi connectivity index (χ1v) is 6.53. The van der Waals surface area contributed by atoms with E-state index in [1.807, 2.05) is 6.07 Å². The third-order valence-electron chi connectivity index (χ3n) is 2.68. The van der Waals surface area contributed by atoms with Crippen LogP contribution in [0, 0.1) is 0 Å². The fourth-order valence-corrected chi connectivity index (χ4v) is 2.26. The minimum absolute atomic E-state index is 0.281. The molecule has 5 heteroatoms. The van der Waals surface area contributed by atoms with E-state index in [9.17, 15) is 0 Å². The Balaban J connectivity index is 3.02. The molecule has 1 aromatic heterocycles. The lowest BCUT2D eigenvalue weighted by Gasteiger charge is -2.30. The molecule has 0 aromatic carbocycles. The third kappa shape index (κ3) is 3.66. The van der Waals surface area contributed by atoms with E-state index in [1.165, 1.54) is 0 Å². The minimum atomic E-state index is 0.281. The SMILES string of the molecule is CCN(c1ncc(Br)cc1CN)C(C)COC. The van der Waals surface area contributed by atoms with E-state index in [4.69, 9.17) is 10.5 Å². The van der Waals surface area contributed by atoms with Crippen LogP contribution >= 0.6 is 15.9 Å². The van der Waals surface area contributed by atoms with Crippen molar-refractivity contribution >= 4 is 21.7 Å². The highest BCUT2D eigenvalue weighted by Crippen LogP contribution is 2.22. The van der Waals surface area contributed by atoms with Crippen molar-refractivity contribution in [3.8, 4) is 0 Å². The van der Waals surface area contributed by atoms with Crippen LogP contribution in [-0.2, 0) is 11.3 Å². The molecule has 0 aliphatic rings. The maximum atomic E-state index is 5.77. The van der Waals surface area contributed by atoms with Crippen LogP contribution in [0.1, 0.15) is 19.4 Å². The Labute approximate surface area is 111 Å². The lowest BCUT2D eigenvalue weighted by Crippen LogP contribution is -2.37. The number of hydrogen-bond acceptors (Lipinski definition) is 4. The Morgan fingerprint density at radius 1 is 1.59 bits per heavy atom. The fourth-order valence-electron chi connectivity index (χ4n) is 1.88. The van der Waals surface area contributed by atoms with Crippen LogP contribution in [0.4, 0.5) is 5.82 Å². The van der Waals surface area contributed by atoms with Gasteiger partial charge in [-0.05, 0) is 35.8 Å². The van der Waals surface area contributed by atoms with Crippen LogP contribution < -0.4 is 10.6 Å². The molecule has 0 radical (unpaired) electrons. The molecule has 17 heavy (non-hydrogen) atoms. The highest BCUT2D eigenvalue weighted by atomic mass is 79.9. The molecule has 0 spiro atoms. The van der Waals surface area contributed by atoms with Crippen molar-refractivity contribution in [2.75, 3.05) is 25.2 Å². The van der Waals surface area contributed by atoms with Crippen molar-refractivity contribution in [1.29, 1.82) is 0 Å². The summed E-state index contributed by atoms with van der Waals surface area (Å²) >= 11 is 3.41.